The molecule has 1 aliphatic carbocycles. The van der Waals surface area contributed by atoms with E-state index in [1.54, 1.807) is 6.07 Å². The third-order valence-electron chi connectivity index (χ3n) is 2.61. The van der Waals surface area contributed by atoms with Crippen LogP contribution in [0.15, 0.2) is 22.7 Å². The molecule has 0 heterocycles. The Balaban J connectivity index is 1.77. The van der Waals surface area contributed by atoms with E-state index in [0.29, 0.717) is 17.1 Å². The molecule has 1 amide bonds. The minimum absolute atomic E-state index is 0.0157. The maximum absolute atomic E-state index is 11.4. The van der Waals surface area contributed by atoms with Crippen molar-refractivity contribution in [2.45, 2.75) is 25.4 Å². The van der Waals surface area contributed by atoms with Gasteiger partial charge in [0.1, 0.15) is 5.75 Å². The van der Waals surface area contributed by atoms with Crippen LogP contribution in [0.3, 0.4) is 0 Å². The van der Waals surface area contributed by atoms with Crippen molar-refractivity contribution in [1.29, 1.82) is 0 Å². The zero-order chi connectivity index (χ0) is 12.3. The lowest BCUT2D eigenvalue weighted by Crippen LogP contribution is -2.34. The number of phenols is 1. The van der Waals surface area contributed by atoms with E-state index in [2.05, 4.69) is 26.6 Å². The first-order chi connectivity index (χ1) is 8.16. The molecule has 0 atom stereocenters. The Morgan fingerprint density at radius 3 is 2.94 bits per heavy atom. The van der Waals surface area contributed by atoms with Crippen molar-refractivity contribution in [1.82, 2.24) is 10.6 Å². The molecule has 1 aromatic carbocycles. The molecule has 0 unspecified atom stereocenters. The largest absolute Gasteiger partial charge is 0.506 e. The number of hydrogen-bond donors (Lipinski definition) is 3. The van der Waals surface area contributed by atoms with Crippen LogP contribution >= 0.6 is 15.9 Å². The van der Waals surface area contributed by atoms with Crippen LogP contribution in [-0.2, 0) is 11.3 Å². The van der Waals surface area contributed by atoms with Gasteiger partial charge >= 0.3 is 0 Å². The number of halogens is 1. The predicted molar refractivity (Wildman–Crippen MR) is 68.7 cm³/mol. The highest BCUT2D eigenvalue weighted by Gasteiger charge is 2.22. The van der Waals surface area contributed by atoms with Crippen LogP contribution in [0.1, 0.15) is 18.4 Å². The summed E-state index contributed by atoms with van der Waals surface area (Å²) in [5.41, 5.74) is 0.776. The van der Waals surface area contributed by atoms with Gasteiger partial charge in [-0.15, -0.1) is 0 Å². The lowest BCUT2D eigenvalue weighted by atomic mass is 10.2. The summed E-state index contributed by atoms with van der Waals surface area (Å²) in [4.78, 5) is 11.4. The SMILES string of the molecule is O=C(CNCc1cccc(Br)c1O)NC1CC1. The molecule has 1 fully saturated rings. The summed E-state index contributed by atoms with van der Waals surface area (Å²) in [7, 11) is 0. The van der Waals surface area contributed by atoms with Crippen molar-refractivity contribution in [2.75, 3.05) is 6.54 Å². The molecule has 1 aliphatic rings. The summed E-state index contributed by atoms with van der Waals surface area (Å²) in [5, 5.41) is 15.6. The molecule has 1 saturated carbocycles. The van der Waals surface area contributed by atoms with Gasteiger partial charge in [0.2, 0.25) is 5.91 Å². The van der Waals surface area contributed by atoms with E-state index in [1.807, 2.05) is 12.1 Å². The Kier molecular flexibility index (Phi) is 4.02. The van der Waals surface area contributed by atoms with Gasteiger partial charge in [-0.25, -0.2) is 0 Å². The quantitative estimate of drug-likeness (QED) is 0.772. The van der Waals surface area contributed by atoms with Gasteiger partial charge in [-0.05, 0) is 34.8 Å². The van der Waals surface area contributed by atoms with Gasteiger partial charge in [0, 0.05) is 18.2 Å². The van der Waals surface area contributed by atoms with Gasteiger partial charge in [-0.2, -0.15) is 0 Å². The molecule has 0 saturated heterocycles. The summed E-state index contributed by atoms with van der Waals surface area (Å²) < 4.78 is 0.666. The molecule has 2 rings (SSSR count). The summed E-state index contributed by atoms with van der Waals surface area (Å²) in [6.45, 7) is 0.756. The second-order valence-electron chi connectivity index (χ2n) is 4.19. The standard InChI is InChI=1S/C12H15BrN2O2/c13-10-3-1-2-8(12(10)17)6-14-7-11(16)15-9-4-5-9/h1-3,9,14,17H,4-7H2,(H,15,16). The van der Waals surface area contributed by atoms with E-state index in [9.17, 15) is 9.90 Å². The monoisotopic (exact) mass is 298 g/mol. The van der Waals surface area contributed by atoms with Gasteiger partial charge in [0.15, 0.2) is 0 Å². The molecule has 5 heteroatoms. The van der Waals surface area contributed by atoms with Crippen molar-refractivity contribution in [3.05, 3.63) is 28.2 Å². The molecule has 1 aromatic rings. The summed E-state index contributed by atoms with van der Waals surface area (Å²) in [6, 6.07) is 5.85. The Labute approximate surface area is 109 Å². The normalized spacial score (nSPS) is 14.6. The third-order valence-corrected chi connectivity index (χ3v) is 3.25. The number of carbonyl (C=O) groups excluding carboxylic acids is 1. The smallest absolute Gasteiger partial charge is 0.234 e. The molecule has 4 nitrogen and oxygen atoms in total. The van der Waals surface area contributed by atoms with E-state index in [4.69, 9.17) is 0 Å². The number of benzene rings is 1. The van der Waals surface area contributed by atoms with Crippen molar-refractivity contribution in [3.63, 3.8) is 0 Å². The fourth-order valence-corrected chi connectivity index (χ4v) is 1.93. The van der Waals surface area contributed by atoms with Crippen LogP contribution in [0.25, 0.3) is 0 Å². The van der Waals surface area contributed by atoms with Gasteiger partial charge in [-0.3, -0.25) is 4.79 Å². The van der Waals surface area contributed by atoms with Crippen LogP contribution in [-0.4, -0.2) is 23.6 Å². The third kappa shape index (κ3) is 3.71. The maximum atomic E-state index is 11.4. The van der Waals surface area contributed by atoms with E-state index in [0.717, 1.165) is 18.4 Å². The van der Waals surface area contributed by atoms with Gasteiger partial charge < -0.3 is 15.7 Å². The molecule has 0 spiro atoms. The van der Waals surface area contributed by atoms with Crippen molar-refractivity contribution < 1.29 is 9.90 Å². The van der Waals surface area contributed by atoms with Gasteiger partial charge in [0.25, 0.3) is 0 Å². The fourth-order valence-electron chi connectivity index (χ4n) is 1.52. The minimum Gasteiger partial charge on any atom is -0.506 e. The van der Waals surface area contributed by atoms with Gasteiger partial charge in [0.05, 0.1) is 11.0 Å². The van der Waals surface area contributed by atoms with E-state index < -0.39 is 0 Å². The average molecular weight is 299 g/mol. The number of para-hydroxylation sites is 1. The molecule has 3 N–H and O–H groups in total. The summed E-state index contributed by atoms with van der Waals surface area (Å²) in [5.74, 6) is 0.240. The number of hydrogen-bond acceptors (Lipinski definition) is 3. The van der Waals surface area contributed by atoms with Crippen LogP contribution in [0.4, 0.5) is 0 Å². The lowest BCUT2D eigenvalue weighted by Gasteiger charge is -2.08. The number of aromatic hydroxyl groups is 1. The first-order valence-electron chi connectivity index (χ1n) is 5.63. The highest BCUT2D eigenvalue weighted by atomic mass is 79.9. The number of phenolic OH excluding ortho intramolecular Hbond substituents is 1. The zero-order valence-corrected chi connectivity index (χ0v) is 11.0. The first kappa shape index (κ1) is 12.4. The van der Waals surface area contributed by atoms with Crippen LogP contribution in [0.5, 0.6) is 5.75 Å². The first-order valence-corrected chi connectivity index (χ1v) is 6.42. The summed E-state index contributed by atoms with van der Waals surface area (Å²) in [6.07, 6.45) is 2.19. The number of nitrogens with one attached hydrogen (secondary N) is 2. The second-order valence-corrected chi connectivity index (χ2v) is 5.05. The Morgan fingerprint density at radius 1 is 1.47 bits per heavy atom. The second kappa shape index (κ2) is 5.51. The van der Waals surface area contributed by atoms with E-state index >= 15 is 0 Å². The highest BCUT2D eigenvalue weighted by molar-refractivity contribution is 9.10. The molecular formula is C12H15BrN2O2. The van der Waals surface area contributed by atoms with Crippen LogP contribution in [0, 0.1) is 0 Å². The number of carbonyl (C=O) groups is 1. The van der Waals surface area contributed by atoms with E-state index in [-0.39, 0.29) is 18.2 Å². The summed E-state index contributed by atoms with van der Waals surface area (Å²) >= 11 is 3.25. The van der Waals surface area contributed by atoms with Crippen LogP contribution < -0.4 is 10.6 Å². The highest BCUT2D eigenvalue weighted by Crippen LogP contribution is 2.27. The molecule has 17 heavy (non-hydrogen) atoms. The van der Waals surface area contributed by atoms with Crippen molar-refractivity contribution in [2.24, 2.45) is 0 Å². The molecular weight excluding hydrogens is 284 g/mol. The predicted octanol–water partition coefficient (Wildman–Crippen LogP) is 1.52. The Bertz CT molecular complexity index is 419. The minimum atomic E-state index is 0.0157. The lowest BCUT2D eigenvalue weighted by molar-refractivity contribution is -0.120. The Morgan fingerprint density at radius 2 is 2.24 bits per heavy atom. The van der Waals surface area contributed by atoms with Gasteiger partial charge in [-0.1, -0.05) is 12.1 Å². The topological polar surface area (TPSA) is 61.4 Å². The van der Waals surface area contributed by atoms with E-state index in [1.165, 1.54) is 0 Å². The average Bonchev–Trinajstić information content (AvgIpc) is 3.08. The molecule has 0 bridgehead atoms. The fraction of sp³-hybridized carbons (Fsp3) is 0.417. The Hall–Kier alpha value is -1.07. The van der Waals surface area contributed by atoms with Crippen molar-refractivity contribution >= 4 is 21.8 Å². The number of amides is 1. The maximum Gasteiger partial charge on any atom is 0.234 e. The molecule has 0 radical (unpaired) electrons. The molecule has 0 aliphatic heterocycles. The molecule has 92 valence electrons. The zero-order valence-electron chi connectivity index (χ0n) is 9.37. The van der Waals surface area contributed by atoms with Crippen molar-refractivity contribution in [3.8, 4) is 5.75 Å². The molecule has 0 aromatic heterocycles. The van der Waals surface area contributed by atoms with Crippen LogP contribution in [0.2, 0.25) is 0 Å². The number of rotatable bonds is 5.